The minimum atomic E-state index is 0.343. The maximum absolute atomic E-state index is 4.83. The van der Waals surface area contributed by atoms with Crippen molar-refractivity contribution in [2.24, 2.45) is 5.92 Å². The topological polar surface area (TPSA) is 45.2 Å². The SMILES string of the molecule is CC1CCCN(c2nncc(N(Cc3ccccc3)C(C)C)n2)C1. The zero-order valence-corrected chi connectivity index (χ0v) is 14.9. The Morgan fingerprint density at radius 2 is 2.04 bits per heavy atom. The number of benzene rings is 1. The van der Waals surface area contributed by atoms with Crippen LogP contribution in [-0.4, -0.2) is 34.3 Å². The van der Waals surface area contributed by atoms with E-state index in [0.717, 1.165) is 31.4 Å². The van der Waals surface area contributed by atoms with Gasteiger partial charge in [-0.3, -0.25) is 0 Å². The van der Waals surface area contributed by atoms with Crippen LogP contribution in [0.15, 0.2) is 36.5 Å². The van der Waals surface area contributed by atoms with Crippen LogP contribution in [0.1, 0.15) is 39.2 Å². The average Bonchev–Trinajstić information content (AvgIpc) is 2.60. The van der Waals surface area contributed by atoms with Gasteiger partial charge in [0.25, 0.3) is 0 Å². The molecule has 0 saturated carbocycles. The van der Waals surface area contributed by atoms with Crippen LogP contribution >= 0.6 is 0 Å². The highest BCUT2D eigenvalue weighted by molar-refractivity contribution is 5.43. The molecule has 1 atom stereocenters. The van der Waals surface area contributed by atoms with Gasteiger partial charge in [0.15, 0.2) is 5.82 Å². The fourth-order valence-corrected chi connectivity index (χ4v) is 3.24. The second-order valence-electron chi connectivity index (χ2n) is 7.02. The number of rotatable bonds is 5. The van der Waals surface area contributed by atoms with Gasteiger partial charge in [0.1, 0.15) is 0 Å². The average molecular weight is 325 g/mol. The maximum atomic E-state index is 4.83. The summed E-state index contributed by atoms with van der Waals surface area (Å²) in [5.41, 5.74) is 1.28. The smallest absolute Gasteiger partial charge is 0.247 e. The van der Waals surface area contributed by atoms with Crippen molar-refractivity contribution in [2.75, 3.05) is 22.9 Å². The maximum Gasteiger partial charge on any atom is 0.247 e. The van der Waals surface area contributed by atoms with E-state index in [1.54, 1.807) is 6.20 Å². The lowest BCUT2D eigenvalue weighted by Gasteiger charge is -2.32. The largest absolute Gasteiger partial charge is 0.348 e. The van der Waals surface area contributed by atoms with Crippen LogP contribution in [0.2, 0.25) is 0 Å². The van der Waals surface area contributed by atoms with Crippen molar-refractivity contribution in [2.45, 2.75) is 46.2 Å². The van der Waals surface area contributed by atoms with Crippen molar-refractivity contribution in [1.82, 2.24) is 15.2 Å². The number of hydrogen-bond donors (Lipinski definition) is 0. The van der Waals surface area contributed by atoms with Crippen LogP contribution in [-0.2, 0) is 6.54 Å². The van der Waals surface area contributed by atoms with E-state index in [1.165, 1.54) is 18.4 Å². The summed E-state index contributed by atoms with van der Waals surface area (Å²) in [6.07, 6.45) is 4.27. The van der Waals surface area contributed by atoms with Crippen LogP contribution in [0.25, 0.3) is 0 Å². The molecular weight excluding hydrogens is 298 g/mol. The third-order valence-electron chi connectivity index (χ3n) is 4.59. The number of anilines is 2. The zero-order chi connectivity index (χ0) is 16.9. The molecule has 24 heavy (non-hydrogen) atoms. The molecule has 128 valence electrons. The van der Waals surface area contributed by atoms with E-state index in [4.69, 9.17) is 4.98 Å². The second kappa shape index (κ2) is 7.60. The molecule has 5 nitrogen and oxygen atoms in total. The molecule has 2 aromatic rings. The summed E-state index contributed by atoms with van der Waals surface area (Å²) in [4.78, 5) is 9.38. The van der Waals surface area contributed by atoms with Crippen molar-refractivity contribution in [3.8, 4) is 0 Å². The first-order chi connectivity index (χ1) is 11.6. The fourth-order valence-electron chi connectivity index (χ4n) is 3.24. The van der Waals surface area contributed by atoms with E-state index in [0.29, 0.717) is 12.0 Å². The van der Waals surface area contributed by atoms with E-state index in [-0.39, 0.29) is 0 Å². The molecule has 1 fully saturated rings. The van der Waals surface area contributed by atoms with E-state index in [2.05, 4.69) is 65.0 Å². The highest BCUT2D eigenvalue weighted by Crippen LogP contribution is 2.22. The number of piperidine rings is 1. The normalized spacial score (nSPS) is 18.0. The summed E-state index contributed by atoms with van der Waals surface area (Å²) < 4.78 is 0. The van der Waals surface area contributed by atoms with Crippen molar-refractivity contribution in [1.29, 1.82) is 0 Å². The Bertz CT molecular complexity index is 643. The molecule has 1 unspecified atom stereocenters. The van der Waals surface area contributed by atoms with Gasteiger partial charge in [-0.1, -0.05) is 37.3 Å². The molecule has 0 aliphatic carbocycles. The van der Waals surface area contributed by atoms with Crippen LogP contribution in [0.3, 0.4) is 0 Å². The molecule has 1 aromatic heterocycles. The first kappa shape index (κ1) is 16.7. The molecule has 3 rings (SSSR count). The minimum absolute atomic E-state index is 0.343. The molecular formula is C19H27N5. The van der Waals surface area contributed by atoms with Gasteiger partial charge in [0, 0.05) is 25.7 Å². The van der Waals surface area contributed by atoms with Gasteiger partial charge in [-0.15, -0.1) is 5.10 Å². The summed E-state index contributed by atoms with van der Waals surface area (Å²) in [5.74, 6) is 2.35. The Morgan fingerprint density at radius 3 is 2.75 bits per heavy atom. The molecule has 5 heteroatoms. The summed E-state index contributed by atoms with van der Waals surface area (Å²) >= 11 is 0. The standard InChI is InChI=1S/C19H27N5/c1-15(2)24(14-17-9-5-4-6-10-17)18-12-20-22-19(21-18)23-11-7-8-16(3)13-23/h4-6,9-10,12,15-16H,7-8,11,13-14H2,1-3H3. The van der Waals surface area contributed by atoms with E-state index >= 15 is 0 Å². The number of hydrogen-bond acceptors (Lipinski definition) is 5. The third kappa shape index (κ3) is 4.02. The Hall–Kier alpha value is -2.17. The highest BCUT2D eigenvalue weighted by atomic mass is 15.4. The Balaban J connectivity index is 1.82. The quantitative estimate of drug-likeness (QED) is 0.841. The van der Waals surface area contributed by atoms with E-state index in [9.17, 15) is 0 Å². The zero-order valence-electron chi connectivity index (χ0n) is 14.9. The first-order valence-corrected chi connectivity index (χ1v) is 8.88. The molecule has 0 amide bonds. The second-order valence-corrected chi connectivity index (χ2v) is 7.02. The van der Waals surface area contributed by atoms with Crippen LogP contribution in [0.4, 0.5) is 11.8 Å². The van der Waals surface area contributed by atoms with Gasteiger partial charge in [-0.25, -0.2) is 0 Å². The highest BCUT2D eigenvalue weighted by Gasteiger charge is 2.21. The van der Waals surface area contributed by atoms with Crippen molar-refractivity contribution in [3.63, 3.8) is 0 Å². The van der Waals surface area contributed by atoms with Gasteiger partial charge in [0.05, 0.1) is 6.20 Å². The lowest BCUT2D eigenvalue weighted by molar-refractivity contribution is 0.440. The van der Waals surface area contributed by atoms with Crippen LogP contribution < -0.4 is 9.80 Å². The monoisotopic (exact) mass is 325 g/mol. The summed E-state index contributed by atoms with van der Waals surface area (Å²) in [6.45, 7) is 9.54. The molecule has 1 aliphatic rings. The molecule has 2 heterocycles. The van der Waals surface area contributed by atoms with Crippen LogP contribution in [0.5, 0.6) is 0 Å². The van der Waals surface area contributed by atoms with Crippen molar-refractivity contribution >= 4 is 11.8 Å². The number of aromatic nitrogens is 3. The molecule has 0 N–H and O–H groups in total. The van der Waals surface area contributed by atoms with Gasteiger partial charge in [0.2, 0.25) is 5.95 Å². The van der Waals surface area contributed by atoms with E-state index in [1.807, 2.05) is 6.07 Å². The van der Waals surface area contributed by atoms with Crippen LogP contribution in [0, 0.1) is 5.92 Å². The fraction of sp³-hybridized carbons (Fsp3) is 0.526. The lowest BCUT2D eigenvalue weighted by atomic mass is 10.0. The van der Waals surface area contributed by atoms with Gasteiger partial charge < -0.3 is 9.80 Å². The molecule has 0 radical (unpaired) electrons. The lowest BCUT2D eigenvalue weighted by Crippen LogP contribution is -2.36. The number of nitrogens with zero attached hydrogens (tertiary/aromatic N) is 5. The van der Waals surface area contributed by atoms with E-state index < -0.39 is 0 Å². The molecule has 0 spiro atoms. The Kier molecular flexibility index (Phi) is 5.28. The summed E-state index contributed by atoms with van der Waals surface area (Å²) in [7, 11) is 0. The Morgan fingerprint density at radius 1 is 1.25 bits per heavy atom. The summed E-state index contributed by atoms with van der Waals surface area (Å²) in [6, 6.07) is 10.8. The van der Waals surface area contributed by atoms with Gasteiger partial charge in [-0.05, 0) is 38.2 Å². The van der Waals surface area contributed by atoms with Gasteiger partial charge >= 0.3 is 0 Å². The first-order valence-electron chi connectivity index (χ1n) is 8.88. The molecule has 1 aliphatic heterocycles. The van der Waals surface area contributed by atoms with Crippen molar-refractivity contribution < 1.29 is 0 Å². The molecule has 0 bridgehead atoms. The predicted molar refractivity (Wildman–Crippen MR) is 98.2 cm³/mol. The Labute approximate surface area is 144 Å². The van der Waals surface area contributed by atoms with Crippen molar-refractivity contribution in [3.05, 3.63) is 42.1 Å². The molecule has 1 aromatic carbocycles. The minimum Gasteiger partial charge on any atom is -0.348 e. The predicted octanol–water partition coefficient (Wildman–Crippen LogP) is 3.52. The molecule has 1 saturated heterocycles. The summed E-state index contributed by atoms with van der Waals surface area (Å²) in [5, 5.41) is 8.52. The van der Waals surface area contributed by atoms with Gasteiger partial charge in [-0.2, -0.15) is 10.1 Å². The third-order valence-corrected chi connectivity index (χ3v) is 4.59.